The van der Waals surface area contributed by atoms with Crippen LogP contribution in [0.4, 0.5) is 0 Å². The summed E-state index contributed by atoms with van der Waals surface area (Å²) in [4.78, 5) is 0. The van der Waals surface area contributed by atoms with Crippen LogP contribution in [0.2, 0.25) is 0 Å². The summed E-state index contributed by atoms with van der Waals surface area (Å²) >= 11 is 0. The Hall–Kier alpha value is -2.44. The Kier molecular flexibility index (Phi) is 5.85. The molecule has 136 valence electrons. The van der Waals surface area contributed by atoms with Gasteiger partial charge in [0.1, 0.15) is 0 Å². The molecule has 1 N–H and O–H groups in total. The third kappa shape index (κ3) is 4.59. The Labute approximate surface area is 154 Å². The van der Waals surface area contributed by atoms with E-state index in [0.29, 0.717) is 13.1 Å². The first-order chi connectivity index (χ1) is 12.6. The molecular weight excluding hydrogens is 346 g/mol. The summed E-state index contributed by atoms with van der Waals surface area (Å²) in [5.41, 5.74) is 3.97. The fraction of sp³-hybridized carbons (Fsp3) is 0.250. The molecule has 0 bridgehead atoms. The molecule has 0 aliphatic rings. The van der Waals surface area contributed by atoms with Gasteiger partial charge in [0.15, 0.2) is 9.84 Å². The van der Waals surface area contributed by atoms with Crippen molar-refractivity contribution in [1.29, 1.82) is 0 Å². The van der Waals surface area contributed by atoms with Gasteiger partial charge < -0.3 is 5.32 Å². The van der Waals surface area contributed by atoms with Gasteiger partial charge >= 0.3 is 0 Å². The number of nitrogens with zero attached hydrogens (tertiary/aromatic N) is 2. The Morgan fingerprint density at radius 1 is 1.00 bits per heavy atom. The summed E-state index contributed by atoms with van der Waals surface area (Å²) in [6.45, 7) is 2.67. The largest absolute Gasteiger partial charge is 0.312 e. The molecule has 6 heteroatoms. The van der Waals surface area contributed by atoms with E-state index < -0.39 is 9.84 Å². The molecule has 0 fully saturated rings. The summed E-state index contributed by atoms with van der Waals surface area (Å²) in [7, 11) is -2.96. The fourth-order valence-corrected chi connectivity index (χ4v) is 3.43. The second-order valence-electron chi connectivity index (χ2n) is 6.06. The molecule has 0 amide bonds. The lowest BCUT2D eigenvalue weighted by Crippen LogP contribution is -2.23. The number of benzene rings is 2. The predicted molar refractivity (Wildman–Crippen MR) is 105 cm³/mol. The van der Waals surface area contributed by atoms with Crippen LogP contribution in [0.1, 0.15) is 12.5 Å². The quantitative estimate of drug-likeness (QED) is 0.620. The minimum Gasteiger partial charge on any atom is -0.312 e. The molecule has 26 heavy (non-hydrogen) atoms. The van der Waals surface area contributed by atoms with Crippen molar-refractivity contribution in [3.05, 3.63) is 72.4 Å². The normalized spacial score (nSPS) is 11.6. The van der Waals surface area contributed by atoms with E-state index in [1.54, 1.807) is 6.92 Å². The van der Waals surface area contributed by atoms with E-state index >= 15 is 0 Å². The van der Waals surface area contributed by atoms with Crippen molar-refractivity contribution in [1.82, 2.24) is 15.1 Å². The molecule has 5 nitrogen and oxygen atoms in total. The first kappa shape index (κ1) is 18.4. The van der Waals surface area contributed by atoms with Crippen LogP contribution < -0.4 is 5.32 Å². The number of hydrogen-bond donors (Lipinski definition) is 1. The van der Waals surface area contributed by atoms with Gasteiger partial charge in [0.25, 0.3) is 0 Å². The van der Waals surface area contributed by atoms with Crippen molar-refractivity contribution >= 4 is 9.84 Å². The Morgan fingerprint density at radius 2 is 1.65 bits per heavy atom. The monoisotopic (exact) mass is 369 g/mol. The van der Waals surface area contributed by atoms with Gasteiger partial charge in [-0.15, -0.1) is 0 Å². The summed E-state index contributed by atoms with van der Waals surface area (Å²) in [5.74, 6) is 0.326. The number of aromatic nitrogens is 2. The zero-order chi connectivity index (χ0) is 18.4. The second-order valence-corrected chi connectivity index (χ2v) is 8.53. The van der Waals surface area contributed by atoms with E-state index in [-0.39, 0.29) is 11.5 Å². The average molecular weight is 369 g/mol. The maximum atomic E-state index is 11.6. The van der Waals surface area contributed by atoms with Gasteiger partial charge in [-0.05, 0) is 12.1 Å². The minimum absolute atomic E-state index is 0.150. The fourth-order valence-electron chi connectivity index (χ4n) is 2.69. The summed E-state index contributed by atoms with van der Waals surface area (Å²) in [6, 6.07) is 20.0. The van der Waals surface area contributed by atoms with Crippen LogP contribution in [-0.4, -0.2) is 36.2 Å². The number of nitrogens with one attached hydrogen (secondary N) is 1. The van der Waals surface area contributed by atoms with Crippen molar-refractivity contribution in [2.45, 2.75) is 13.5 Å². The molecule has 2 aromatic carbocycles. The highest BCUT2D eigenvalue weighted by molar-refractivity contribution is 7.91. The second kappa shape index (κ2) is 8.29. The predicted octanol–water partition coefficient (Wildman–Crippen LogP) is 3.06. The maximum Gasteiger partial charge on any atom is 0.151 e. The number of hydrogen-bond acceptors (Lipinski definition) is 4. The topological polar surface area (TPSA) is 64.0 Å². The Morgan fingerprint density at radius 3 is 2.31 bits per heavy atom. The maximum absolute atomic E-state index is 11.6. The summed E-state index contributed by atoms with van der Waals surface area (Å²) < 4.78 is 25.1. The Balaban J connectivity index is 1.82. The molecule has 0 atom stereocenters. The van der Waals surface area contributed by atoms with E-state index in [4.69, 9.17) is 5.10 Å². The molecule has 0 saturated carbocycles. The van der Waals surface area contributed by atoms with Crippen LogP contribution in [-0.2, 0) is 16.4 Å². The van der Waals surface area contributed by atoms with Gasteiger partial charge in [0.05, 0.1) is 17.1 Å². The molecule has 0 aliphatic carbocycles. The number of para-hydroxylation sites is 1. The van der Waals surface area contributed by atoms with Crippen LogP contribution >= 0.6 is 0 Å². The third-order valence-corrected chi connectivity index (χ3v) is 5.91. The number of sulfone groups is 1. The van der Waals surface area contributed by atoms with Crippen molar-refractivity contribution < 1.29 is 8.42 Å². The molecule has 0 aliphatic heterocycles. The van der Waals surface area contributed by atoms with Gasteiger partial charge in [-0.3, -0.25) is 0 Å². The third-order valence-electron chi connectivity index (χ3n) is 4.20. The molecule has 1 heterocycles. The van der Waals surface area contributed by atoms with Gasteiger partial charge in [-0.25, -0.2) is 13.1 Å². The highest BCUT2D eigenvalue weighted by atomic mass is 32.2. The van der Waals surface area contributed by atoms with Crippen LogP contribution in [0.15, 0.2) is 66.9 Å². The van der Waals surface area contributed by atoms with Crippen LogP contribution in [0.3, 0.4) is 0 Å². The lowest BCUT2D eigenvalue weighted by Gasteiger charge is -2.05. The van der Waals surface area contributed by atoms with Crippen molar-refractivity contribution in [2.75, 3.05) is 18.1 Å². The highest BCUT2D eigenvalue weighted by Gasteiger charge is 2.12. The minimum atomic E-state index is -2.96. The van der Waals surface area contributed by atoms with Gasteiger partial charge in [-0.2, -0.15) is 5.10 Å². The first-order valence-corrected chi connectivity index (χ1v) is 10.5. The Bertz CT molecular complexity index is 936. The van der Waals surface area contributed by atoms with Crippen molar-refractivity contribution in [3.63, 3.8) is 0 Å². The van der Waals surface area contributed by atoms with E-state index in [2.05, 4.69) is 5.32 Å². The summed E-state index contributed by atoms with van der Waals surface area (Å²) in [5, 5.41) is 7.99. The van der Waals surface area contributed by atoms with Crippen molar-refractivity contribution in [2.24, 2.45) is 0 Å². The molecule has 3 rings (SSSR count). The van der Waals surface area contributed by atoms with E-state index in [1.807, 2.05) is 71.5 Å². The van der Waals surface area contributed by atoms with E-state index in [0.717, 1.165) is 22.5 Å². The van der Waals surface area contributed by atoms with Crippen molar-refractivity contribution in [3.8, 4) is 16.9 Å². The molecule has 3 aromatic rings. The average Bonchev–Trinajstić information content (AvgIpc) is 3.11. The lowest BCUT2D eigenvalue weighted by molar-refractivity contribution is 0.592. The SMILES string of the molecule is CCS(=O)(=O)CCNCc1cn(-c2ccccc2)nc1-c1ccccc1. The van der Waals surface area contributed by atoms with Crippen LogP contribution in [0.5, 0.6) is 0 Å². The molecule has 1 aromatic heterocycles. The van der Waals surface area contributed by atoms with Crippen LogP contribution in [0, 0.1) is 0 Å². The van der Waals surface area contributed by atoms with Crippen LogP contribution in [0.25, 0.3) is 16.9 Å². The van der Waals surface area contributed by atoms with E-state index in [9.17, 15) is 8.42 Å². The molecule has 0 spiro atoms. The lowest BCUT2D eigenvalue weighted by atomic mass is 10.1. The molecule has 0 radical (unpaired) electrons. The first-order valence-electron chi connectivity index (χ1n) is 8.69. The van der Waals surface area contributed by atoms with Gasteiger partial charge in [-0.1, -0.05) is 55.5 Å². The molecular formula is C20H23N3O2S. The zero-order valence-corrected chi connectivity index (χ0v) is 15.6. The molecule has 0 saturated heterocycles. The highest BCUT2D eigenvalue weighted by Crippen LogP contribution is 2.23. The zero-order valence-electron chi connectivity index (χ0n) is 14.8. The van der Waals surface area contributed by atoms with Gasteiger partial charge in [0, 0.05) is 36.2 Å². The summed E-state index contributed by atoms with van der Waals surface area (Å²) in [6.07, 6.45) is 2.00. The molecule has 0 unspecified atom stereocenters. The standard InChI is InChI=1S/C20H23N3O2S/c1-2-26(24,25)14-13-21-15-18-16-23(19-11-7-4-8-12-19)22-20(18)17-9-5-3-6-10-17/h3-12,16,21H,2,13-15H2,1H3. The van der Waals surface area contributed by atoms with E-state index in [1.165, 1.54) is 0 Å². The number of rotatable bonds is 8. The van der Waals surface area contributed by atoms with Gasteiger partial charge in [0.2, 0.25) is 0 Å². The smallest absolute Gasteiger partial charge is 0.151 e.